The summed E-state index contributed by atoms with van der Waals surface area (Å²) in [6.45, 7) is 0.738. The van der Waals surface area contributed by atoms with E-state index in [1.54, 1.807) is 19.2 Å². The highest BCUT2D eigenvalue weighted by molar-refractivity contribution is 5.93. The first-order chi connectivity index (χ1) is 11.8. The van der Waals surface area contributed by atoms with Crippen LogP contribution in [0.4, 0.5) is 30.6 Å². The lowest BCUT2D eigenvalue weighted by atomic mass is 10.2. The van der Waals surface area contributed by atoms with E-state index in [1.807, 2.05) is 0 Å². The van der Waals surface area contributed by atoms with Crippen molar-refractivity contribution in [1.29, 1.82) is 0 Å². The normalized spacial score (nSPS) is 11.2. The van der Waals surface area contributed by atoms with Crippen molar-refractivity contribution in [1.82, 2.24) is 15.3 Å². The highest BCUT2D eigenvalue weighted by atomic mass is 19.4. The van der Waals surface area contributed by atoms with Gasteiger partial charge in [0, 0.05) is 30.5 Å². The number of likely N-dealkylation sites (N-methyl/N-ethyl adjacent to an activating group) is 1. The summed E-state index contributed by atoms with van der Waals surface area (Å²) < 4.78 is 39.1. The minimum atomic E-state index is -4.57. The molecule has 0 saturated heterocycles. The van der Waals surface area contributed by atoms with E-state index in [-0.39, 0.29) is 18.3 Å². The number of hydrogen-bond donors (Lipinski definition) is 4. The Balaban J connectivity index is 2.22. The molecule has 5 N–H and O–H groups in total. The molecule has 0 fully saturated rings. The Morgan fingerprint density at radius 3 is 2.44 bits per heavy atom. The molecule has 0 aliphatic carbocycles. The van der Waals surface area contributed by atoms with Gasteiger partial charge in [-0.3, -0.25) is 4.79 Å². The van der Waals surface area contributed by atoms with Gasteiger partial charge in [0.25, 0.3) is 0 Å². The van der Waals surface area contributed by atoms with Crippen molar-refractivity contribution in [3.63, 3.8) is 0 Å². The first kappa shape index (κ1) is 18.5. The second-order valence-electron chi connectivity index (χ2n) is 5.05. The maximum absolute atomic E-state index is 13.0. The number of carbonyl (C=O) groups excluding carboxylic acids is 1. The summed E-state index contributed by atoms with van der Waals surface area (Å²) >= 11 is 0. The molecule has 2 aromatic rings. The van der Waals surface area contributed by atoms with Crippen LogP contribution in [0.2, 0.25) is 0 Å². The van der Waals surface area contributed by atoms with E-state index in [4.69, 9.17) is 5.73 Å². The number of hydrogen-bond acceptors (Lipinski definition) is 6. The standard InChI is InChI=1S/C15H17F3N6O/c1-20-6-7-21-13-11(15(16,17)18)8-22-14(24-13)23-10-4-2-9(3-5-10)12(19)25/h2-5,8,20H,6-7H2,1H3,(H2,19,25)(H2,21,22,23,24). The zero-order valence-electron chi connectivity index (χ0n) is 13.3. The lowest BCUT2D eigenvalue weighted by Gasteiger charge is -2.14. The molecule has 0 aliphatic heterocycles. The maximum Gasteiger partial charge on any atom is 0.421 e. The van der Waals surface area contributed by atoms with Gasteiger partial charge in [-0.1, -0.05) is 0 Å². The molecule has 2 rings (SSSR count). The van der Waals surface area contributed by atoms with E-state index < -0.39 is 17.6 Å². The van der Waals surface area contributed by atoms with Crippen LogP contribution in [0.1, 0.15) is 15.9 Å². The molecule has 0 aliphatic rings. The molecule has 7 nitrogen and oxygen atoms in total. The predicted octanol–water partition coefficient (Wildman–Crippen LogP) is 1.97. The van der Waals surface area contributed by atoms with Crippen LogP contribution in [-0.2, 0) is 6.18 Å². The summed E-state index contributed by atoms with van der Waals surface area (Å²) in [5.41, 5.74) is 5.02. The van der Waals surface area contributed by atoms with Gasteiger partial charge in [0.05, 0.1) is 0 Å². The number of rotatable bonds is 7. The second kappa shape index (κ2) is 7.79. The van der Waals surface area contributed by atoms with Gasteiger partial charge in [-0.2, -0.15) is 18.2 Å². The van der Waals surface area contributed by atoms with Gasteiger partial charge >= 0.3 is 6.18 Å². The van der Waals surface area contributed by atoms with Crippen molar-refractivity contribution in [3.8, 4) is 0 Å². The topological polar surface area (TPSA) is 105 Å². The summed E-state index contributed by atoms with van der Waals surface area (Å²) in [5, 5.41) is 8.24. The molecule has 0 unspecified atom stereocenters. The third-order valence-electron chi connectivity index (χ3n) is 3.19. The average Bonchev–Trinajstić information content (AvgIpc) is 2.55. The molecule has 0 radical (unpaired) electrons. The molecule has 0 spiro atoms. The minimum absolute atomic E-state index is 0.00761. The number of aromatic nitrogens is 2. The van der Waals surface area contributed by atoms with Crippen molar-refractivity contribution in [3.05, 3.63) is 41.6 Å². The van der Waals surface area contributed by atoms with Crippen molar-refractivity contribution in [2.24, 2.45) is 5.73 Å². The molecule has 134 valence electrons. The van der Waals surface area contributed by atoms with Gasteiger partial charge in [-0.25, -0.2) is 4.98 Å². The molecule has 0 bridgehead atoms. The molecule has 0 saturated carbocycles. The van der Waals surface area contributed by atoms with E-state index in [0.29, 0.717) is 17.8 Å². The van der Waals surface area contributed by atoms with Gasteiger partial charge in [-0.05, 0) is 31.3 Å². The Morgan fingerprint density at radius 1 is 1.20 bits per heavy atom. The first-order valence-electron chi connectivity index (χ1n) is 7.31. The van der Waals surface area contributed by atoms with Crippen LogP contribution >= 0.6 is 0 Å². The van der Waals surface area contributed by atoms with Crippen LogP contribution in [0, 0.1) is 0 Å². The number of anilines is 3. The van der Waals surface area contributed by atoms with Gasteiger partial charge in [0.1, 0.15) is 11.4 Å². The average molecular weight is 354 g/mol. The third-order valence-corrected chi connectivity index (χ3v) is 3.19. The number of halogens is 3. The van der Waals surface area contributed by atoms with E-state index in [1.165, 1.54) is 12.1 Å². The van der Waals surface area contributed by atoms with Crippen LogP contribution in [0.25, 0.3) is 0 Å². The Labute approximate surface area is 141 Å². The summed E-state index contributed by atoms with van der Waals surface area (Å²) in [4.78, 5) is 18.6. The minimum Gasteiger partial charge on any atom is -0.368 e. The monoisotopic (exact) mass is 354 g/mol. The number of nitrogens with two attached hydrogens (primary N) is 1. The Hall–Kier alpha value is -2.88. The van der Waals surface area contributed by atoms with Crippen molar-refractivity contribution in [2.45, 2.75) is 6.18 Å². The quantitative estimate of drug-likeness (QED) is 0.567. The lowest BCUT2D eigenvalue weighted by molar-refractivity contribution is -0.137. The molecule has 25 heavy (non-hydrogen) atoms. The SMILES string of the molecule is CNCCNc1nc(Nc2ccc(C(N)=O)cc2)ncc1C(F)(F)F. The number of amides is 1. The fraction of sp³-hybridized carbons (Fsp3) is 0.267. The van der Waals surface area contributed by atoms with Crippen molar-refractivity contribution >= 4 is 23.4 Å². The van der Waals surface area contributed by atoms with Crippen LogP contribution in [-0.4, -0.2) is 36.0 Å². The lowest BCUT2D eigenvalue weighted by Crippen LogP contribution is -2.21. The van der Waals surface area contributed by atoms with Gasteiger partial charge in [0.2, 0.25) is 11.9 Å². The second-order valence-corrected chi connectivity index (χ2v) is 5.05. The van der Waals surface area contributed by atoms with Crippen LogP contribution in [0.3, 0.4) is 0 Å². The van der Waals surface area contributed by atoms with Crippen LogP contribution in [0.15, 0.2) is 30.5 Å². The zero-order chi connectivity index (χ0) is 18.4. The van der Waals surface area contributed by atoms with Crippen molar-refractivity contribution < 1.29 is 18.0 Å². The summed E-state index contributed by atoms with van der Waals surface area (Å²) in [6, 6.07) is 6.08. The van der Waals surface area contributed by atoms with Gasteiger partial charge in [0.15, 0.2) is 0 Å². The Morgan fingerprint density at radius 2 is 1.88 bits per heavy atom. The first-order valence-corrected chi connectivity index (χ1v) is 7.31. The third kappa shape index (κ3) is 5.05. The van der Waals surface area contributed by atoms with Crippen molar-refractivity contribution in [2.75, 3.05) is 30.8 Å². The molecule has 1 aromatic carbocycles. The molecule has 1 aromatic heterocycles. The van der Waals surface area contributed by atoms with E-state index >= 15 is 0 Å². The van der Waals surface area contributed by atoms with Crippen LogP contribution in [0.5, 0.6) is 0 Å². The zero-order valence-corrected chi connectivity index (χ0v) is 13.3. The van der Waals surface area contributed by atoms with Crippen LogP contribution < -0.4 is 21.7 Å². The largest absolute Gasteiger partial charge is 0.421 e. The van der Waals surface area contributed by atoms with E-state index in [0.717, 1.165) is 6.20 Å². The number of nitrogens with zero attached hydrogens (tertiary/aromatic N) is 2. The molecule has 10 heteroatoms. The highest BCUT2D eigenvalue weighted by Gasteiger charge is 2.35. The van der Waals surface area contributed by atoms with Gasteiger partial charge < -0.3 is 21.7 Å². The number of alkyl halides is 3. The predicted molar refractivity (Wildman–Crippen MR) is 87.7 cm³/mol. The Bertz CT molecular complexity index is 733. The summed E-state index contributed by atoms with van der Waals surface area (Å²) in [5.74, 6) is -0.894. The number of nitrogens with one attached hydrogen (secondary N) is 3. The summed E-state index contributed by atoms with van der Waals surface area (Å²) in [7, 11) is 1.69. The Kier molecular flexibility index (Phi) is 5.75. The van der Waals surface area contributed by atoms with E-state index in [2.05, 4.69) is 25.9 Å². The molecular weight excluding hydrogens is 337 g/mol. The number of primary amides is 1. The summed E-state index contributed by atoms with van der Waals surface area (Å²) in [6.07, 6.45) is -3.85. The number of benzene rings is 1. The highest BCUT2D eigenvalue weighted by Crippen LogP contribution is 2.34. The van der Waals surface area contributed by atoms with E-state index in [9.17, 15) is 18.0 Å². The molecule has 0 atom stereocenters. The molecular formula is C15H17F3N6O. The fourth-order valence-corrected chi connectivity index (χ4v) is 1.94. The number of carbonyl (C=O) groups is 1. The molecule has 1 amide bonds. The fourth-order valence-electron chi connectivity index (χ4n) is 1.94. The maximum atomic E-state index is 13.0. The smallest absolute Gasteiger partial charge is 0.368 e. The molecule has 1 heterocycles. The van der Waals surface area contributed by atoms with Gasteiger partial charge in [-0.15, -0.1) is 0 Å².